The summed E-state index contributed by atoms with van der Waals surface area (Å²) in [6.07, 6.45) is 4.48. The second kappa shape index (κ2) is 25.5. The Morgan fingerprint density at radius 3 is 1.44 bits per heavy atom. The van der Waals surface area contributed by atoms with Gasteiger partial charge in [-0.1, -0.05) is 148 Å². The largest absolute Gasteiger partial charge is 1.00 e. The fourth-order valence-corrected chi connectivity index (χ4v) is 11.3. The molecule has 0 radical (unpaired) electrons. The van der Waals surface area contributed by atoms with E-state index in [0.29, 0.717) is 19.6 Å². The number of cyclic esters (lactones) is 2. The number of alkyl carbamates (subject to hydrolysis) is 1. The van der Waals surface area contributed by atoms with Crippen molar-refractivity contribution in [2.24, 2.45) is 0 Å². The molecular formula is C56H58Cl3ILiN3O6. The molecular weight excluding hydrogens is 1050 g/mol. The minimum atomic E-state index is -0.450. The fourth-order valence-electron chi connectivity index (χ4n) is 10.7. The number of nitrogens with zero attached hydrogens (tertiary/aromatic N) is 1. The summed E-state index contributed by atoms with van der Waals surface area (Å²) in [7, 11) is 3.66. The number of carbonyl (C=O) groups excluding carboxylic acids is 2. The molecule has 4 N–H and O–H groups in total. The first-order chi connectivity index (χ1) is 33.1. The first-order valence-electron chi connectivity index (χ1n) is 23.2. The van der Waals surface area contributed by atoms with E-state index >= 15 is 0 Å². The van der Waals surface area contributed by atoms with Crippen LogP contribution < -0.4 is 29.5 Å². The van der Waals surface area contributed by atoms with Gasteiger partial charge in [0.1, 0.15) is 12.2 Å². The SMILES string of the molecule is CI.CN1CC(C2c3ccccc3CCc3cc(Cl)ccc32)OC1=O.CNCC(O)C1c2ccccc2CCc2cc(Cl)ccc21.O=C1NCC(C2c3ccccc3CCc3cc(Cl)ccc32)O1.[Li+].[OH-]. The molecule has 2 amide bonds. The summed E-state index contributed by atoms with van der Waals surface area (Å²) >= 11 is 20.7. The number of aliphatic hydroxyl groups excluding tert-OH is 1. The summed E-state index contributed by atoms with van der Waals surface area (Å²) < 4.78 is 11.2. The van der Waals surface area contributed by atoms with Crippen molar-refractivity contribution in [2.45, 2.75) is 74.6 Å². The average Bonchev–Trinajstić information content (AvgIpc) is 3.75. The number of halogens is 4. The molecule has 362 valence electrons. The number of hydrogen-bond donors (Lipinski definition) is 3. The molecule has 2 saturated heterocycles. The molecule has 0 aromatic heterocycles. The second-order valence-corrected chi connectivity index (χ2v) is 19.1. The van der Waals surface area contributed by atoms with Crippen molar-refractivity contribution < 1.29 is 48.5 Å². The molecule has 2 fully saturated rings. The van der Waals surface area contributed by atoms with E-state index in [2.05, 4.69) is 130 Å². The zero-order valence-corrected chi connectivity index (χ0v) is 44.4. The fraction of sp³-hybridized carbons (Fsp3) is 0.321. The number of fused-ring (bicyclic) bond motifs is 6. The molecule has 3 aliphatic carbocycles. The van der Waals surface area contributed by atoms with E-state index in [1.54, 1.807) is 11.9 Å². The first-order valence-corrected chi connectivity index (χ1v) is 26.5. The molecule has 0 saturated carbocycles. The molecule has 5 aliphatic rings. The van der Waals surface area contributed by atoms with Crippen molar-refractivity contribution >= 4 is 69.6 Å². The monoisotopic (exact) mass is 1110 g/mol. The minimum absolute atomic E-state index is 0. The smallest absolute Gasteiger partial charge is 0.870 e. The number of nitrogens with one attached hydrogen (secondary N) is 2. The van der Waals surface area contributed by atoms with Crippen LogP contribution >= 0.6 is 57.4 Å². The predicted molar refractivity (Wildman–Crippen MR) is 284 cm³/mol. The Morgan fingerprint density at radius 1 is 0.614 bits per heavy atom. The van der Waals surface area contributed by atoms with Crippen molar-refractivity contribution in [1.29, 1.82) is 0 Å². The average molecular weight is 1110 g/mol. The van der Waals surface area contributed by atoms with E-state index in [1.807, 2.05) is 42.3 Å². The Kier molecular flexibility index (Phi) is 20.2. The van der Waals surface area contributed by atoms with Gasteiger partial charge < -0.3 is 35.6 Å². The van der Waals surface area contributed by atoms with Gasteiger partial charge in [0, 0.05) is 46.4 Å². The third kappa shape index (κ3) is 12.4. The van der Waals surface area contributed by atoms with Gasteiger partial charge in [0.05, 0.1) is 19.2 Å². The topological polar surface area (TPSA) is 130 Å². The number of benzene rings is 6. The van der Waals surface area contributed by atoms with Crippen LogP contribution in [0.2, 0.25) is 15.1 Å². The zero-order chi connectivity index (χ0) is 47.9. The molecule has 6 aromatic rings. The van der Waals surface area contributed by atoms with Crippen molar-refractivity contribution in [3.05, 3.63) is 209 Å². The van der Waals surface area contributed by atoms with Gasteiger partial charge in [0.2, 0.25) is 0 Å². The maximum Gasteiger partial charge on any atom is 1.00 e. The van der Waals surface area contributed by atoms with Gasteiger partial charge in [-0.2, -0.15) is 0 Å². The minimum Gasteiger partial charge on any atom is -0.870 e. The summed E-state index contributed by atoms with van der Waals surface area (Å²) in [6.45, 7) is 1.72. The van der Waals surface area contributed by atoms with Crippen LogP contribution in [-0.2, 0) is 48.0 Å². The third-order valence-corrected chi connectivity index (χ3v) is 14.5. The Bertz CT molecular complexity index is 2760. The summed E-state index contributed by atoms with van der Waals surface area (Å²) in [5, 5.41) is 18.8. The maximum atomic E-state index is 11.9. The Hall–Kier alpha value is -4.06. The van der Waals surface area contributed by atoms with Crippen LogP contribution in [0.1, 0.15) is 84.5 Å². The summed E-state index contributed by atoms with van der Waals surface area (Å²) in [5.74, 6) is 0.128. The number of hydrogen-bond acceptors (Lipinski definition) is 7. The van der Waals surface area contributed by atoms with E-state index < -0.39 is 6.10 Å². The van der Waals surface area contributed by atoms with E-state index in [1.165, 1.54) is 66.8 Å². The van der Waals surface area contributed by atoms with Gasteiger partial charge >= 0.3 is 31.0 Å². The number of ether oxygens (including phenoxy) is 2. The number of likely N-dealkylation sites (N-methyl/N-ethyl adjacent to an activating group) is 2. The molecule has 14 heteroatoms. The van der Waals surface area contributed by atoms with Crippen LogP contribution in [0.4, 0.5) is 9.59 Å². The molecule has 0 bridgehead atoms. The van der Waals surface area contributed by atoms with Crippen LogP contribution in [0.5, 0.6) is 0 Å². The molecule has 9 nitrogen and oxygen atoms in total. The molecule has 11 rings (SSSR count). The molecule has 0 spiro atoms. The van der Waals surface area contributed by atoms with Crippen LogP contribution in [-0.4, -0.2) is 84.6 Å². The van der Waals surface area contributed by atoms with E-state index in [0.717, 1.165) is 53.6 Å². The summed E-state index contributed by atoms with van der Waals surface area (Å²) in [6, 6.07) is 43.5. The van der Waals surface area contributed by atoms with E-state index in [-0.39, 0.29) is 66.5 Å². The normalized spacial score (nSPS) is 20.5. The molecule has 2 heterocycles. The van der Waals surface area contributed by atoms with Crippen LogP contribution in [0.25, 0.3) is 0 Å². The number of aryl methyl sites for hydroxylation is 6. The van der Waals surface area contributed by atoms with Gasteiger partial charge in [-0.25, -0.2) is 9.59 Å². The number of alkyl halides is 1. The Balaban J connectivity index is 0.000000167. The summed E-state index contributed by atoms with van der Waals surface area (Å²) in [5.41, 5.74) is 15.1. The van der Waals surface area contributed by atoms with Crippen LogP contribution in [0.3, 0.4) is 0 Å². The van der Waals surface area contributed by atoms with E-state index in [9.17, 15) is 14.7 Å². The second-order valence-electron chi connectivity index (χ2n) is 17.8. The number of amides is 2. The number of rotatable bonds is 5. The standard InChI is InChI=1S/C19H18ClNO2.C18H16ClNO2.C18H20ClNO.CH3I.Li.H2O/c1-21-11-17(23-19(21)22)18-15-5-3-2-4-12(15)6-7-13-10-14(20)8-9-16(13)18;19-13-7-8-15-12(9-13)6-5-11-3-1-2-4-14(11)17(15)16-10-20-18(21)22-16;1-20-11-17(21)18-15-5-3-2-4-12(15)6-7-13-10-14(19)8-9-16(13)18;1-2;;/h2-5,8-10,17-18H,6-7,11H2,1H3;1-4,7-9,16-17H,5-6,10H2,(H,20,21);2-5,8-10,17-18,20-21H,6-7,11H2,1H3;1H3;;1H2/q;;;;+1;/p-1. The third-order valence-electron chi connectivity index (χ3n) is 13.7. The van der Waals surface area contributed by atoms with Crippen molar-refractivity contribution in [3.8, 4) is 0 Å². The van der Waals surface area contributed by atoms with Gasteiger partial charge in [0.15, 0.2) is 0 Å². The van der Waals surface area contributed by atoms with Crippen LogP contribution in [0.15, 0.2) is 127 Å². The molecule has 6 aromatic carbocycles. The van der Waals surface area contributed by atoms with Gasteiger partial charge in [0.25, 0.3) is 0 Å². The van der Waals surface area contributed by atoms with Gasteiger partial charge in [-0.3, -0.25) is 0 Å². The molecule has 6 unspecified atom stereocenters. The van der Waals surface area contributed by atoms with Crippen molar-refractivity contribution in [1.82, 2.24) is 15.5 Å². The quantitative estimate of drug-likeness (QED) is 0.0895. The van der Waals surface area contributed by atoms with Crippen LogP contribution in [0, 0.1) is 0 Å². The zero-order valence-electron chi connectivity index (χ0n) is 39.9. The molecule has 70 heavy (non-hydrogen) atoms. The van der Waals surface area contributed by atoms with Gasteiger partial charge in [-0.15, -0.1) is 0 Å². The predicted octanol–water partition coefficient (Wildman–Crippen LogP) is 8.73. The first kappa shape index (κ1) is 55.3. The Labute approximate surface area is 452 Å². The van der Waals surface area contributed by atoms with Crippen molar-refractivity contribution in [2.75, 3.05) is 38.7 Å². The Morgan fingerprint density at radius 2 is 1.00 bits per heavy atom. The maximum absolute atomic E-state index is 11.9. The molecule has 2 aliphatic heterocycles. The number of aliphatic hydroxyl groups is 1. The summed E-state index contributed by atoms with van der Waals surface area (Å²) in [4.78, 5) is 27.0. The van der Waals surface area contributed by atoms with E-state index in [4.69, 9.17) is 44.3 Å². The van der Waals surface area contributed by atoms with Crippen molar-refractivity contribution in [3.63, 3.8) is 0 Å². The number of carbonyl (C=O) groups is 2. The van der Waals surface area contributed by atoms with Gasteiger partial charge in [-0.05, 0) is 154 Å². The molecule has 6 atom stereocenters.